The molecule has 0 radical (unpaired) electrons. The summed E-state index contributed by atoms with van der Waals surface area (Å²) < 4.78 is 9.63. The molecule has 0 bridgehead atoms. The quantitative estimate of drug-likeness (QED) is 0.340. The van der Waals surface area contributed by atoms with Crippen LogP contribution in [0.2, 0.25) is 0 Å². The number of aliphatic hydroxyl groups is 3. The fourth-order valence-electron chi connectivity index (χ4n) is 0.797. The summed E-state index contributed by atoms with van der Waals surface area (Å²) in [4.78, 5) is 10.5. The zero-order chi connectivity index (χ0) is 11.1. The van der Waals surface area contributed by atoms with Gasteiger partial charge in [0.15, 0.2) is 12.6 Å². The van der Waals surface area contributed by atoms with Gasteiger partial charge in [-0.15, -0.1) is 0 Å². The van der Waals surface area contributed by atoms with E-state index >= 15 is 0 Å². The highest BCUT2D eigenvalue weighted by Crippen LogP contribution is 2.05. The van der Waals surface area contributed by atoms with Crippen molar-refractivity contribution < 1.29 is 29.6 Å². The second-order valence-electron chi connectivity index (χ2n) is 2.78. The van der Waals surface area contributed by atoms with Crippen molar-refractivity contribution in [2.45, 2.75) is 31.5 Å². The zero-order valence-electron chi connectivity index (χ0n) is 8.16. The van der Waals surface area contributed by atoms with Crippen LogP contribution in [0, 0.1) is 0 Å². The molecule has 0 aromatic rings. The van der Waals surface area contributed by atoms with Gasteiger partial charge in [-0.3, -0.25) is 0 Å². The Morgan fingerprint density at radius 2 is 2.00 bits per heavy atom. The molecule has 0 rings (SSSR count). The number of methoxy groups -OCH3 is 1. The highest BCUT2D eigenvalue weighted by Gasteiger charge is 2.27. The van der Waals surface area contributed by atoms with Crippen LogP contribution in [0.1, 0.15) is 6.92 Å². The van der Waals surface area contributed by atoms with Gasteiger partial charge in [0.1, 0.15) is 18.3 Å². The number of carbonyl (C=O) groups is 1. The van der Waals surface area contributed by atoms with Gasteiger partial charge in [0.05, 0.1) is 6.61 Å². The number of hydrogen-bond acceptors (Lipinski definition) is 6. The molecule has 4 unspecified atom stereocenters. The average Bonchev–Trinajstić information content (AvgIpc) is 2.23. The Morgan fingerprint density at radius 1 is 1.43 bits per heavy atom. The van der Waals surface area contributed by atoms with Gasteiger partial charge in [0, 0.05) is 7.11 Å². The summed E-state index contributed by atoms with van der Waals surface area (Å²) in [7, 11) is 1.38. The molecule has 0 fully saturated rings. The molecule has 0 aromatic carbocycles. The van der Waals surface area contributed by atoms with Crippen molar-refractivity contribution in [3.63, 3.8) is 0 Å². The average molecular weight is 208 g/mol. The van der Waals surface area contributed by atoms with Gasteiger partial charge in [-0.2, -0.15) is 0 Å². The van der Waals surface area contributed by atoms with Crippen molar-refractivity contribution >= 4 is 6.29 Å². The molecule has 0 spiro atoms. The number of ether oxygens (including phenoxy) is 2. The van der Waals surface area contributed by atoms with E-state index in [4.69, 9.17) is 19.7 Å². The van der Waals surface area contributed by atoms with E-state index in [1.165, 1.54) is 14.0 Å². The lowest BCUT2D eigenvalue weighted by Gasteiger charge is -2.24. The van der Waals surface area contributed by atoms with Gasteiger partial charge < -0.3 is 29.6 Å². The highest BCUT2D eigenvalue weighted by atomic mass is 16.7. The summed E-state index contributed by atoms with van der Waals surface area (Å²) in [6.45, 7) is 0.894. The molecule has 0 aliphatic carbocycles. The maximum atomic E-state index is 10.5. The van der Waals surface area contributed by atoms with Gasteiger partial charge in [0.2, 0.25) is 0 Å². The molecular weight excluding hydrogens is 192 g/mol. The van der Waals surface area contributed by atoms with Crippen LogP contribution < -0.4 is 0 Å². The van der Waals surface area contributed by atoms with Crippen LogP contribution in [-0.4, -0.2) is 59.9 Å². The van der Waals surface area contributed by atoms with Gasteiger partial charge >= 0.3 is 0 Å². The van der Waals surface area contributed by atoms with E-state index in [0.717, 1.165) is 0 Å². The lowest BCUT2D eigenvalue weighted by molar-refractivity contribution is -0.185. The minimum atomic E-state index is -1.46. The van der Waals surface area contributed by atoms with Crippen LogP contribution in [0.15, 0.2) is 0 Å². The Bertz CT molecular complexity index is 162. The number of rotatable bonds is 7. The molecule has 84 valence electrons. The Kier molecular flexibility index (Phi) is 6.60. The van der Waals surface area contributed by atoms with Gasteiger partial charge in [-0.05, 0) is 6.92 Å². The molecule has 0 aliphatic rings. The first-order valence-electron chi connectivity index (χ1n) is 4.17. The van der Waals surface area contributed by atoms with E-state index in [1.807, 2.05) is 0 Å². The Hall–Kier alpha value is -0.530. The molecule has 4 atom stereocenters. The largest absolute Gasteiger partial charge is 0.394 e. The van der Waals surface area contributed by atoms with Gasteiger partial charge in [-0.1, -0.05) is 0 Å². The Balaban J connectivity index is 4.18. The van der Waals surface area contributed by atoms with Crippen LogP contribution >= 0.6 is 0 Å². The van der Waals surface area contributed by atoms with Crippen molar-refractivity contribution in [1.29, 1.82) is 0 Å². The van der Waals surface area contributed by atoms with Crippen molar-refractivity contribution in [2.24, 2.45) is 0 Å². The monoisotopic (exact) mass is 208 g/mol. The first-order chi connectivity index (χ1) is 6.56. The molecule has 3 N–H and O–H groups in total. The molecule has 0 amide bonds. The summed E-state index contributed by atoms with van der Waals surface area (Å²) in [6, 6.07) is 0. The van der Waals surface area contributed by atoms with Crippen molar-refractivity contribution in [2.75, 3.05) is 13.7 Å². The second kappa shape index (κ2) is 6.86. The number of aldehydes is 1. The van der Waals surface area contributed by atoms with Crippen molar-refractivity contribution in [3.8, 4) is 0 Å². The minimum absolute atomic E-state index is 0.346. The summed E-state index contributed by atoms with van der Waals surface area (Å²) in [6.07, 6.45) is -4.42. The third-order valence-electron chi connectivity index (χ3n) is 1.73. The van der Waals surface area contributed by atoms with E-state index < -0.39 is 31.2 Å². The van der Waals surface area contributed by atoms with E-state index in [1.54, 1.807) is 0 Å². The summed E-state index contributed by atoms with van der Waals surface area (Å²) in [5.74, 6) is 0. The van der Waals surface area contributed by atoms with E-state index in [9.17, 15) is 9.90 Å². The number of carbonyl (C=O) groups excluding carboxylic acids is 1. The fraction of sp³-hybridized carbons (Fsp3) is 0.875. The second-order valence-corrected chi connectivity index (χ2v) is 2.78. The van der Waals surface area contributed by atoms with Crippen LogP contribution in [-0.2, 0) is 14.3 Å². The Labute approximate surface area is 82.1 Å². The Morgan fingerprint density at radius 3 is 2.36 bits per heavy atom. The van der Waals surface area contributed by atoms with Crippen LogP contribution in [0.25, 0.3) is 0 Å². The third-order valence-corrected chi connectivity index (χ3v) is 1.73. The van der Waals surface area contributed by atoms with Crippen molar-refractivity contribution in [3.05, 3.63) is 0 Å². The molecule has 6 heteroatoms. The smallest absolute Gasteiger partial charge is 0.155 e. The van der Waals surface area contributed by atoms with Crippen LogP contribution in [0.4, 0.5) is 0 Å². The van der Waals surface area contributed by atoms with Gasteiger partial charge in [0.25, 0.3) is 0 Å². The minimum Gasteiger partial charge on any atom is -0.394 e. The molecule has 0 saturated heterocycles. The molecule has 14 heavy (non-hydrogen) atoms. The molecule has 6 nitrogen and oxygen atoms in total. The zero-order valence-corrected chi connectivity index (χ0v) is 8.16. The highest BCUT2D eigenvalue weighted by molar-refractivity contribution is 5.57. The maximum Gasteiger partial charge on any atom is 0.155 e. The first kappa shape index (κ1) is 13.5. The summed E-state index contributed by atoms with van der Waals surface area (Å²) in [5.41, 5.74) is 0. The molecule has 0 heterocycles. The molecule has 0 aromatic heterocycles. The predicted octanol–water partition coefficient (Wildman–Crippen LogP) is -1.72. The van der Waals surface area contributed by atoms with Gasteiger partial charge in [-0.25, -0.2) is 0 Å². The van der Waals surface area contributed by atoms with Crippen LogP contribution in [0.5, 0.6) is 0 Å². The fourth-order valence-corrected chi connectivity index (χ4v) is 0.797. The molecular formula is C8H16O6. The van der Waals surface area contributed by atoms with E-state index in [2.05, 4.69) is 0 Å². The van der Waals surface area contributed by atoms with Crippen molar-refractivity contribution in [1.82, 2.24) is 0 Å². The lowest BCUT2D eigenvalue weighted by atomic mass is 10.1. The van der Waals surface area contributed by atoms with E-state index in [-0.39, 0.29) is 0 Å². The number of aliphatic hydroxyl groups excluding tert-OH is 3. The standard InChI is InChI=1S/C8H16O6/c1-5(13-2)14-7(4-10)8(12)6(11)3-9/h4-9,11-12H,3H2,1-2H3. The topological polar surface area (TPSA) is 96.2 Å². The molecule has 0 saturated carbocycles. The normalized spacial score (nSPS) is 19.8. The SMILES string of the molecule is COC(C)OC(C=O)C(O)C(O)CO. The maximum absolute atomic E-state index is 10.5. The summed E-state index contributed by atoms with van der Waals surface area (Å²) >= 11 is 0. The lowest BCUT2D eigenvalue weighted by Crippen LogP contribution is -2.43. The molecule has 0 aliphatic heterocycles. The summed E-state index contributed by atoms with van der Waals surface area (Å²) in [5, 5.41) is 26.9. The van der Waals surface area contributed by atoms with E-state index in [0.29, 0.717) is 6.29 Å². The third kappa shape index (κ3) is 4.12. The number of hydrogen-bond donors (Lipinski definition) is 3. The first-order valence-corrected chi connectivity index (χ1v) is 4.17. The predicted molar refractivity (Wildman–Crippen MR) is 46.5 cm³/mol. The van der Waals surface area contributed by atoms with Crippen LogP contribution in [0.3, 0.4) is 0 Å².